The Kier molecular flexibility index (Phi) is 3.44. The summed E-state index contributed by atoms with van der Waals surface area (Å²) in [5, 5.41) is 0. The van der Waals surface area contributed by atoms with Gasteiger partial charge in [-0.15, -0.1) is 0 Å². The van der Waals surface area contributed by atoms with Gasteiger partial charge in [-0.2, -0.15) is 0 Å². The van der Waals surface area contributed by atoms with E-state index in [0.717, 1.165) is 0 Å². The first-order valence-electron chi connectivity index (χ1n) is 6.56. The van der Waals surface area contributed by atoms with Gasteiger partial charge < -0.3 is 10.6 Å². The van der Waals surface area contributed by atoms with Crippen molar-refractivity contribution in [1.29, 1.82) is 0 Å². The number of benzene rings is 1. The lowest BCUT2D eigenvalue weighted by atomic mass is 9.92. The van der Waals surface area contributed by atoms with Gasteiger partial charge in [-0.3, -0.25) is 4.79 Å². The van der Waals surface area contributed by atoms with Crippen LogP contribution in [-0.2, 0) is 4.79 Å². The molecule has 2 atom stereocenters. The number of amides is 1. The molecule has 2 unspecified atom stereocenters. The summed E-state index contributed by atoms with van der Waals surface area (Å²) in [7, 11) is 0. The average Bonchev–Trinajstić information content (AvgIpc) is 2.54. The van der Waals surface area contributed by atoms with Gasteiger partial charge in [0.2, 0.25) is 5.91 Å². The predicted molar refractivity (Wildman–Crippen MR) is 73.2 cm³/mol. The SMILES string of the molecule is Cc1cccc(C)c1C1C(N)CC(=O)N1C(C)C. The number of nitrogens with two attached hydrogens (primary N) is 1. The van der Waals surface area contributed by atoms with E-state index in [1.54, 1.807) is 0 Å². The van der Waals surface area contributed by atoms with Crippen LogP contribution in [0.1, 0.15) is 43.0 Å². The van der Waals surface area contributed by atoms with Crippen molar-refractivity contribution in [3.8, 4) is 0 Å². The molecule has 1 saturated heterocycles. The highest BCUT2D eigenvalue weighted by molar-refractivity contribution is 5.81. The number of rotatable bonds is 2. The molecule has 3 nitrogen and oxygen atoms in total. The van der Waals surface area contributed by atoms with Crippen molar-refractivity contribution < 1.29 is 4.79 Å². The monoisotopic (exact) mass is 246 g/mol. The summed E-state index contributed by atoms with van der Waals surface area (Å²) in [5.74, 6) is 0.171. The molecule has 1 aliphatic heterocycles. The van der Waals surface area contributed by atoms with Crippen LogP contribution in [0.15, 0.2) is 18.2 Å². The number of hydrogen-bond donors (Lipinski definition) is 1. The summed E-state index contributed by atoms with van der Waals surface area (Å²) in [6.45, 7) is 8.29. The maximum atomic E-state index is 12.1. The van der Waals surface area contributed by atoms with Gasteiger partial charge in [0.15, 0.2) is 0 Å². The Morgan fingerprint density at radius 2 is 1.83 bits per heavy atom. The van der Waals surface area contributed by atoms with E-state index in [0.29, 0.717) is 6.42 Å². The molecule has 0 aromatic heterocycles. The van der Waals surface area contributed by atoms with Gasteiger partial charge in [0.25, 0.3) is 0 Å². The van der Waals surface area contributed by atoms with Crippen molar-refractivity contribution in [1.82, 2.24) is 4.90 Å². The Labute approximate surface area is 109 Å². The number of carbonyl (C=O) groups excluding carboxylic acids is 1. The average molecular weight is 246 g/mol. The van der Waals surface area contributed by atoms with E-state index >= 15 is 0 Å². The Morgan fingerprint density at radius 3 is 2.33 bits per heavy atom. The second-order valence-electron chi connectivity index (χ2n) is 5.51. The highest BCUT2D eigenvalue weighted by atomic mass is 16.2. The van der Waals surface area contributed by atoms with Crippen LogP contribution >= 0.6 is 0 Å². The lowest BCUT2D eigenvalue weighted by molar-refractivity contribution is -0.130. The van der Waals surface area contributed by atoms with Gasteiger partial charge >= 0.3 is 0 Å². The quantitative estimate of drug-likeness (QED) is 0.870. The standard InChI is InChI=1S/C15H22N2O/c1-9(2)17-13(18)8-12(16)15(17)14-10(3)6-5-7-11(14)4/h5-7,9,12,15H,8,16H2,1-4H3. The smallest absolute Gasteiger partial charge is 0.225 e. The second kappa shape index (κ2) is 4.73. The molecule has 0 aliphatic carbocycles. The summed E-state index contributed by atoms with van der Waals surface area (Å²) in [6, 6.07) is 6.36. The normalized spacial score (nSPS) is 24.1. The summed E-state index contributed by atoms with van der Waals surface area (Å²) >= 11 is 0. The highest BCUT2D eigenvalue weighted by Gasteiger charge is 2.40. The van der Waals surface area contributed by atoms with Crippen molar-refractivity contribution in [2.75, 3.05) is 0 Å². The van der Waals surface area contributed by atoms with Gasteiger partial charge in [-0.1, -0.05) is 18.2 Å². The summed E-state index contributed by atoms with van der Waals surface area (Å²) in [4.78, 5) is 14.0. The molecule has 1 aromatic carbocycles. The van der Waals surface area contributed by atoms with E-state index in [9.17, 15) is 4.79 Å². The molecule has 2 rings (SSSR count). The maximum Gasteiger partial charge on any atom is 0.225 e. The predicted octanol–water partition coefficient (Wildman–Crippen LogP) is 2.31. The summed E-state index contributed by atoms with van der Waals surface area (Å²) in [6.07, 6.45) is 0.455. The van der Waals surface area contributed by atoms with E-state index in [1.165, 1.54) is 16.7 Å². The topological polar surface area (TPSA) is 46.3 Å². The van der Waals surface area contributed by atoms with Gasteiger partial charge in [-0.05, 0) is 44.4 Å². The third kappa shape index (κ3) is 2.03. The zero-order chi connectivity index (χ0) is 13.4. The molecule has 2 N–H and O–H groups in total. The molecule has 98 valence electrons. The Hall–Kier alpha value is -1.35. The Balaban J connectivity index is 2.50. The lowest BCUT2D eigenvalue weighted by Gasteiger charge is -2.32. The lowest BCUT2D eigenvalue weighted by Crippen LogP contribution is -2.38. The van der Waals surface area contributed by atoms with Gasteiger partial charge in [0, 0.05) is 18.5 Å². The van der Waals surface area contributed by atoms with Crippen LogP contribution in [0.25, 0.3) is 0 Å². The van der Waals surface area contributed by atoms with E-state index in [-0.39, 0.29) is 24.0 Å². The van der Waals surface area contributed by atoms with E-state index in [2.05, 4.69) is 45.9 Å². The number of hydrogen-bond acceptors (Lipinski definition) is 2. The number of likely N-dealkylation sites (tertiary alicyclic amines) is 1. The van der Waals surface area contributed by atoms with Crippen LogP contribution in [0.3, 0.4) is 0 Å². The third-order valence-corrected chi connectivity index (χ3v) is 3.80. The minimum atomic E-state index is -0.0975. The number of carbonyl (C=O) groups is 1. The summed E-state index contributed by atoms with van der Waals surface area (Å²) < 4.78 is 0. The summed E-state index contributed by atoms with van der Waals surface area (Å²) in [5.41, 5.74) is 9.87. The van der Waals surface area contributed by atoms with E-state index in [1.807, 2.05) is 4.90 Å². The molecule has 1 amide bonds. The van der Waals surface area contributed by atoms with Crippen molar-refractivity contribution >= 4 is 5.91 Å². The first-order chi connectivity index (χ1) is 8.43. The zero-order valence-corrected chi connectivity index (χ0v) is 11.6. The molecule has 18 heavy (non-hydrogen) atoms. The molecule has 0 radical (unpaired) electrons. The molecule has 0 spiro atoms. The van der Waals surface area contributed by atoms with Gasteiger partial charge in [0.1, 0.15) is 0 Å². The van der Waals surface area contributed by atoms with Crippen molar-refractivity contribution in [2.45, 2.75) is 52.2 Å². The fourth-order valence-electron chi connectivity index (χ4n) is 3.04. The van der Waals surface area contributed by atoms with Crippen molar-refractivity contribution in [3.63, 3.8) is 0 Å². The Morgan fingerprint density at radius 1 is 1.28 bits per heavy atom. The number of nitrogens with zero attached hydrogens (tertiary/aromatic N) is 1. The maximum absolute atomic E-state index is 12.1. The van der Waals surface area contributed by atoms with Crippen LogP contribution in [0.2, 0.25) is 0 Å². The van der Waals surface area contributed by atoms with Crippen molar-refractivity contribution in [3.05, 3.63) is 34.9 Å². The van der Waals surface area contributed by atoms with Crippen LogP contribution in [0.4, 0.5) is 0 Å². The zero-order valence-electron chi connectivity index (χ0n) is 11.6. The molecule has 1 aliphatic rings. The van der Waals surface area contributed by atoms with Crippen LogP contribution in [-0.4, -0.2) is 22.9 Å². The first-order valence-corrected chi connectivity index (χ1v) is 6.56. The second-order valence-corrected chi connectivity index (χ2v) is 5.51. The molecule has 0 bridgehead atoms. The van der Waals surface area contributed by atoms with Crippen LogP contribution < -0.4 is 5.73 Å². The van der Waals surface area contributed by atoms with Crippen molar-refractivity contribution in [2.24, 2.45) is 5.73 Å². The van der Waals surface area contributed by atoms with Gasteiger partial charge in [0.05, 0.1) is 6.04 Å². The minimum Gasteiger partial charge on any atom is -0.332 e. The fraction of sp³-hybridized carbons (Fsp3) is 0.533. The Bertz CT molecular complexity index is 447. The van der Waals surface area contributed by atoms with E-state index < -0.39 is 0 Å². The van der Waals surface area contributed by atoms with Crippen LogP contribution in [0, 0.1) is 13.8 Å². The molecular weight excluding hydrogens is 224 g/mol. The highest BCUT2D eigenvalue weighted by Crippen LogP contribution is 2.36. The van der Waals surface area contributed by atoms with Crippen LogP contribution in [0.5, 0.6) is 0 Å². The first kappa shape index (κ1) is 13.1. The largest absolute Gasteiger partial charge is 0.332 e. The molecule has 1 heterocycles. The van der Waals surface area contributed by atoms with Gasteiger partial charge in [-0.25, -0.2) is 0 Å². The molecule has 3 heteroatoms. The fourth-order valence-corrected chi connectivity index (χ4v) is 3.04. The third-order valence-electron chi connectivity index (χ3n) is 3.80. The molecular formula is C15H22N2O. The minimum absolute atomic E-state index is 0.0266. The number of aryl methyl sites for hydroxylation is 2. The van der Waals surface area contributed by atoms with E-state index in [4.69, 9.17) is 5.73 Å². The molecule has 1 fully saturated rings. The molecule has 1 aromatic rings. The molecule has 0 saturated carbocycles.